The lowest BCUT2D eigenvalue weighted by atomic mass is 9.67. The minimum absolute atomic E-state index is 0.0417. The zero-order valence-corrected chi connectivity index (χ0v) is 21.0. The summed E-state index contributed by atoms with van der Waals surface area (Å²) in [7, 11) is 1.16. The highest BCUT2D eigenvalue weighted by atomic mass is 16.6. The van der Waals surface area contributed by atoms with Gasteiger partial charge in [-0.05, 0) is 26.8 Å². The van der Waals surface area contributed by atoms with Gasteiger partial charge >= 0.3 is 23.9 Å². The van der Waals surface area contributed by atoms with Crippen molar-refractivity contribution >= 4 is 35.5 Å². The van der Waals surface area contributed by atoms with Crippen LogP contribution in [-0.2, 0) is 53.1 Å². The Kier molecular flexibility index (Phi) is 8.21. The van der Waals surface area contributed by atoms with Crippen LogP contribution in [0.1, 0.15) is 32.8 Å². The van der Waals surface area contributed by atoms with Crippen LogP contribution in [0.2, 0.25) is 0 Å². The van der Waals surface area contributed by atoms with E-state index < -0.39 is 65.2 Å². The maximum absolute atomic E-state index is 14.3. The minimum Gasteiger partial charge on any atom is -0.468 e. The molecule has 2 aliphatic heterocycles. The number of carbonyl (C=O) groups is 5. The van der Waals surface area contributed by atoms with Gasteiger partial charge in [0.05, 0.1) is 26.9 Å². The van der Waals surface area contributed by atoms with E-state index in [2.05, 4.69) is 0 Å². The second kappa shape index (κ2) is 11.1. The molecule has 2 aliphatic rings. The van der Waals surface area contributed by atoms with Crippen molar-refractivity contribution in [1.29, 1.82) is 0 Å². The van der Waals surface area contributed by atoms with Gasteiger partial charge in [-0.2, -0.15) is 0 Å². The number of para-hydroxylation sites is 1. The van der Waals surface area contributed by atoms with Crippen molar-refractivity contribution in [2.24, 2.45) is 5.73 Å². The Morgan fingerprint density at radius 1 is 0.919 bits per heavy atom. The maximum Gasteiger partial charge on any atom is 0.341 e. The Labute approximate surface area is 212 Å². The third-order valence-electron chi connectivity index (χ3n) is 5.76. The maximum atomic E-state index is 14.3. The number of anilines is 1. The number of hydrogen-bond acceptors (Lipinski definition) is 11. The summed E-state index contributed by atoms with van der Waals surface area (Å²) >= 11 is 0. The number of nitrogens with two attached hydrogens (primary N) is 1. The van der Waals surface area contributed by atoms with E-state index in [1.54, 1.807) is 32.9 Å². The number of methoxy groups -OCH3 is 1. The van der Waals surface area contributed by atoms with Crippen molar-refractivity contribution in [1.82, 2.24) is 0 Å². The molecule has 0 fully saturated rings. The number of benzene rings is 1. The van der Waals surface area contributed by atoms with Crippen molar-refractivity contribution in [2.75, 3.05) is 38.4 Å². The normalized spacial score (nSPS) is 18.4. The van der Waals surface area contributed by atoms with Gasteiger partial charge in [0.1, 0.15) is 35.3 Å². The number of carbonyl (C=O) groups excluding carboxylic acids is 5. The van der Waals surface area contributed by atoms with Crippen LogP contribution in [0.3, 0.4) is 0 Å². The average molecular weight is 517 g/mol. The second-order valence-corrected chi connectivity index (χ2v) is 7.80. The number of esters is 4. The summed E-state index contributed by atoms with van der Waals surface area (Å²) in [4.78, 5) is 66.9. The van der Waals surface area contributed by atoms with Gasteiger partial charge < -0.3 is 29.4 Å². The van der Waals surface area contributed by atoms with Crippen LogP contribution < -0.4 is 10.6 Å². The fraction of sp³-hybridized carbons (Fsp3) is 0.400. The molecule has 1 amide bonds. The number of fused-ring (bicyclic) bond motifs is 2. The first-order chi connectivity index (χ1) is 17.7. The molecule has 0 saturated heterocycles. The van der Waals surface area contributed by atoms with Crippen LogP contribution >= 0.6 is 0 Å². The Hall–Kier alpha value is -4.35. The van der Waals surface area contributed by atoms with E-state index in [4.69, 9.17) is 29.4 Å². The zero-order valence-electron chi connectivity index (χ0n) is 21.0. The molecule has 3 rings (SSSR count). The first kappa shape index (κ1) is 27.2. The Morgan fingerprint density at radius 2 is 1.51 bits per heavy atom. The third-order valence-corrected chi connectivity index (χ3v) is 5.76. The van der Waals surface area contributed by atoms with E-state index in [1.807, 2.05) is 0 Å². The molecule has 0 bridgehead atoms. The van der Waals surface area contributed by atoms with Crippen molar-refractivity contribution < 1.29 is 47.7 Å². The van der Waals surface area contributed by atoms with Crippen LogP contribution in [0.15, 0.2) is 47.1 Å². The summed E-state index contributed by atoms with van der Waals surface area (Å²) < 4.78 is 25.8. The standard InChI is InChI=1S/C25H28N2O10/c1-5-34-17(28)12-16-19(22(30)35-6-2)25(20(21(26)37-16)23(31)36-7-3)14-10-8-9-11-15(14)27(24(25)32)13-18(29)33-4/h8-11H,5-7,12-13,26H2,1-4H3. The number of nitrogens with zero attached hydrogens (tertiary/aromatic N) is 1. The molecule has 2 N–H and O–H groups in total. The molecule has 1 unspecified atom stereocenters. The lowest BCUT2D eigenvalue weighted by molar-refractivity contribution is -0.144. The van der Waals surface area contributed by atoms with Crippen molar-refractivity contribution in [3.05, 3.63) is 52.6 Å². The molecule has 1 spiro atoms. The molecule has 2 heterocycles. The fourth-order valence-corrected chi connectivity index (χ4v) is 4.44. The molecule has 12 nitrogen and oxygen atoms in total. The van der Waals surface area contributed by atoms with Gasteiger partial charge in [-0.1, -0.05) is 18.2 Å². The van der Waals surface area contributed by atoms with Crippen LogP contribution in [0, 0.1) is 0 Å². The molecule has 1 aromatic carbocycles. The molecule has 1 aromatic rings. The number of ether oxygens (including phenoxy) is 5. The van der Waals surface area contributed by atoms with Crippen molar-refractivity contribution in [3.8, 4) is 0 Å². The molecular weight excluding hydrogens is 488 g/mol. The largest absolute Gasteiger partial charge is 0.468 e. The van der Waals surface area contributed by atoms with Crippen LogP contribution in [-0.4, -0.2) is 63.3 Å². The van der Waals surface area contributed by atoms with E-state index in [9.17, 15) is 24.0 Å². The van der Waals surface area contributed by atoms with Gasteiger partial charge in [0.25, 0.3) is 0 Å². The summed E-state index contributed by atoms with van der Waals surface area (Å²) in [6.07, 6.45) is -0.590. The fourth-order valence-electron chi connectivity index (χ4n) is 4.44. The molecule has 0 saturated carbocycles. The summed E-state index contributed by atoms with van der Waals surface area (Å²) in [5, 5.41) is 0. The first-order valence-corrected chi connectivity index (χ1v) is 11.6. The van der Waals surface area contributed by atoms with Gasteiger partial charge in [-0.15, -0.1) is 0 Å². The molecule has 1 atom stereocenters. The minimum atomic E-state index is -2.24. The average Bonchev–Trinajstić information content (AvgIpc) is 3.07. The Morgan fingerprint density at radius 3 is 2.11 bits per heavy atom. The highest BCUT2D eigenvalue weighted by molar-refractivity contribution is 6.23. The van der Waals surface area contributed by atoms with Gasteiger partial charge in [0.2, 0.25) is 11.8 Å². The first-order valence-electron chi connectivity index (χ1n) is 11.6. The van der Waals surface area contributed by atoms with Gasteiger partial charge in [0.15, 0.2) is 0 Å². The van der Waals surface area contributed by atoms with Crippen molar-refractivity contribution in [2.45, 2.75) is 32.6 Å². The van der Waals surface area contributed by atoms with Crippen LogP contribution in [0.4, 0.5) is 5.69 Å². The molecule has 37 heavy (non-hydrogen) atoms. The number of hydrogen-bond donors (Lipinski definition) is 1. The predicted molar refractivity (Wildman–Crippen MR) is 126 cm³/mol. The predicted octanol–water partition coefficient (Wildman–Crippen LogP) is 0.978. The summed E-state index contributed by atoms with van der Waals surface area (Å²) in [6.45, 7) is 4.02. The molecule has 0 aromatic heterocycles. The number of rotatable bonds is 9. The highest BCUT2D eigenvalue weighted by Crippen LogP contribution is 2.55. The van der Waals surface area contributed by atoms with Crippen molar-refractivity contribution in [3.63, 3.8) is 0 Å². The van der Waals surface area contributed by atoms with E-state index in [-0.39, 0.29) is 36.8 Å². The monoisotopic (exact) mass is 516 g/mol. The summed E-state index contributed by atoms with van der Waals surface area (Å²) in [6, 6.07) is 6.23. The van der Waals surface area contributed by atoms with Gasteiger partial charge in [0, 0.05) is 11.3 Å². The third kappa shape index (κ3) is 4.61. The molecule has 12 heteroatoms. The molecule has 198 valence electrons. The molecular formula is C25H28N2O10. The lowest BCUT2D eigenvalue weighted by Crippen LogP contribution is -2.52. The highest BCUT2D eigenvalue weighted by Gasteiger charge is 2.64. The Balaban J connectivity index is 2.43. The lowest BCUT2D eigenvalue weighted by Gasteiger charge is -2.36. The van der Waals surface area contributed by atoms with E-state index in [0.717, 1.165) is 12.0 Å². The molecule has 0 aliphatic carbocycles. The smallest absolute Gasteiger partial charge is 0.341 e. The zero-order chi connectivity index (χ0) is 27.3. The summed E-state index contributed by atoms with van der Waals surface area (Å²) in [5.74, 6) is -5.33. The van der Waals surface area contributed by atoms with Crippen LogP contribution in [0.25, 0.3) is 0 Å². The van der Waals surface area contributed by atoms with Gasteiger partial charge in [-0.25, -0.2) is 9.59 Å². The van der Waals surface area contributed by atoms with Crippen LogP contribution in [0.5, 0.6) is 0 Å². The number of amides is 1. The van der Waals surface area contributed by atoms with E-state index in [1.165, 1.54) is 12.1 Å². The SMILES string of the molecule is CCOC(=O)CC1=C(C(=O)OCC)C2(C(=O)N(CC(=O)OC)c3ccccc32)C(C(=O)OCC)=C(N)O1. The summed E-state index contributed by atoms with van der Waals surface area (Å²) in [5.41, 5.74) is 3.38. The topological polar surface area (TPSA) is 161 Å². The van der Waals surface area contributed by atoms with Gasteiger partial charge in [-0.3, -0.25) is 19.3 Å². The second-order valence-electron chi connectivity index (χ2n) is 7.80. The van der Waals surface area contributed by atoms with E-state index >= 15 is 0 Å². The quantitative estimate of drug-likeness (QED) is 0.368. The molecule has 0 radical (unpaired) electrons. The Bertz CT molecular complexity index is 1200. The van der Waals surface area contributed by atoms with E-state index in [0.29, 0.717) is 0 Å².